The highest BCUT2D eigenvalue weighted by Gasteiger charge is 2.11. The van der Waals surface area contributed by atoms with Crippen molar-refractivity contribution in [1.82, 2.24) is 5.43 Å². The number of nitrogens with zero attached hydrogens (tertiary/aromatic N) is 1. The lowest BCUT2D eigenvalue weighted by atomic mass is 9.90. The Morgan fingerprint density at radius 1 is 0.864 bits per heavy atom. The molecule has 1 unspecified atom stereocenters. The van der Waals surface area contributed by atoms with Crippen LogP contribution in [0.4, 0.5) is 0 Å². The second kappa shape index (κ2) is 15.1. The minimum absolute atomic E-state index is 0.0627. The first-order chi connectivity index (χ1) is 10.6. The summed E-state index contributed by atoms with van der Waals surface area (Å²) in [5.41, 5.74) is 3.53. The molecule has 0 fully saturated rings. The first-order valence-electron chi connectivity index (χ1n) is 9.39. The molecular weight excluding hydrogens is 272 g/mol. The summed E-state index contributed by atoms with van der Waals surface area (Å²) >= 11 is 0. The maximum Gasteiger partial charge on any atom is 0.240 e. The van der Waals surface area contributed by atoms with Gasteiger partial charge >= 0.3 is 0 Å². The highest BCUT2D eigenvalue weighted by Crippen LogP contribution is 2.22. The molecule has 1 atom stereocenters. The summed E-state index contributed by atoms with van der Waals surface area (Å²) in [6.07, 6.45) is 14.8. The monoisotopic (exact) mass is 310 g/mol. The normalized spacial score (nSPS) is 12.0. The first kappa shape index (κ1) is 21.1. The average molecular weight is 311 g/mol. The Balaban J connectivity index is 4.00. The van der Waals surface area contributed by atoms with E-state index in [-0.39, 0.29) is 5.91 Å². The van der Waals surface area contributed by atoms with Crippen molar-refractivity contribution in [2.75, 3.05) is 0 Å². The van der Waals surface area contributed by atoms with Crippen LogP contribution in [0.2, 0.25) is 0 Å². The molecule has 0 spiro atoms. The summed E-state index contributed by atoms with van der Waals surface area (Å²) in [7, 11) is 0. The lowest BCUT2D eigenvalue weighted by Crippen LogP contribution is -2.19. The second-order valence-electron chi connectivity index (χ2n) is 6.70. The van der Waals surface area contributed by atoms with Gasteiger partial charge in [-0.05, 0) is 26.2 Å². The van der Waals surface area contributed by atoms with E-state index in [1.54, 1.807) is 0 Å². The van der Waals surface area contributed by atoms with Crippen molar-refractivity contribution < 1.29 is 4.79 Å². The molecule has 130 valence electrons. The molecule has 1 N–H and O–H groups in total. The van der Waals surface area contributed by atoms with E-state index in [0.717, 1.165) is 12.1 Å². The third-order valence-corrected chi connectivity index (χ3v) is 4.12. The minimum Gasteiger partial charge on any atom is -0.273 e. The van der Waals surface area contributed by atoms with Crippen LogP contribution in [-0.2, 0) is 4.79 Å². The Labute approximate surface area is 138 Å². The fraction of sp³-hybridized carbons (Fsp3) is 0.895. The SMILES string of the molecule is CCCCCCCC(CCCCC)CCC(=O)NN=C(C)C. The third-order valence-electron chi connectivity index (χ3n) is 4.12. The second-order valence-corrected chi connectivity index (χ2v) is 6.70. The standard InChI is InChI=1S/C19H38N2O/c1-5-7-9-10-12-14-18(13-11-8-6-2)15-16-19(22)21-20-17(3)4/h18H,5-16H2,1-4H3,(H,21,22). The molecule has 0 bridgehead atoms. The van der Waals surface area contributed by atoms with Crippen molar-refractivity contribution in [3.63, 3.8) is 0 Å². The summed E-state index contributed by atoms with van der Waals surface area (Å²) in [6, 6.07) is 0. The average Bonchev–Trinajstić information content (AvgIpc) is 2.49. The minimum atomic E-state index is 0.0627. The summed E-state index contributed by atoms with van der Waals surface area (Å²) in [6.45, 7) is 8.29. The van der Waals surface area contributed by atoms with Crippen molar-refractivity contribution in [2.24, 2.45) is 11.0 Å². The molecule has 0 aliphatic rings. The Hall–Kier alpha value is -0.860. The highest BCUT2D eigenvalue weighted by molar-refractivity contribution is 5.82. The molecule has 3 heteroatoms. The summed E-state index contributed by atoms with van der Waals surface area (Å²) in [5.74, 6) is 0.776. The molecular formula is C19H38N2O. The third kappa shape index (κ3) is 14.1. The predicted octanol–water partition coefficient (Wildman–Crippen LogP) is 5.84. The zero-order chi connectivity index (χ0) is 16.6. The van der Waals surface area contributed by atoms with Crippen LogP contribution in [0.3, 0.4) is 0 Å². The Morgan fingerprint density at radius 2 is 1.41 bits per heavy atom. The molecule has 1 amide bonds. The smallest absolute Gasteiger partial charge is 0.240 e. The van der Waals surface area contributed by atoms with E-state index in [2.05, 4.69) is 24.4 Å². The highest BCUT2D eigenvalue weighted by atomic mass is 16.2. The lowest BCUT2D eigenvalue weighted by Gasteiger charge is -2.16. The van der Waals surface area contributed by atoms with Gasteiger partial charge in [0.25, 0.3) is 0 Å². The van der Waals surface area contributed by atoms with Crippen LogP contribution >= 0.6 is 0 Å². The van der Waals surface area contributed by atoms with E-state index < -0.39 is 0 Å². The van der Waals surface area contributed by atoms with Crippen molar-refractivity contribution >= 4 is 11.6 Å². The lowest BCUT2D eigenvalue weighted by molar-refractivity contribution is -0.121. The molecule has 22 heavy (non-hydrogen) atoms. The Kier molecular flexibility index (Phi) is 14.5. The van der Waals surface area contributed by atoms with Crippen LogP contribution in [0.15, 0.2) is 5.10 Å². The van der Waals surface area contributed by atoms with Crippen LogP contribution < -0.4 is 5.43 Å². The van der Waals surface area contributed by atoms with Crippen LogP contribution in [0.1, 0.15) is 105 Å². The van der Waals surface area contributed by atoms with Crippen LogP contribution in [0.5, 0.6) is 0 Å². The Bertz CT molecular complexity index is 296. The number of rotatable bonds is 14. The van der Waals surface area contributed by atoms with Crippen LogP contribution in [0, 0.1) is 5.92 Å². The van der Waals surface area contributed by atoms with Gasteiger partial charge in [-0.25, -0.2) is 5.43 Å². The van der Waals surface area contributed by atoms with Gasteiger partial charge in [0.05, 0.1) is 0 Å². The van der Waals surface area contributed by atoms with E-state index in [9.17, 15) is 4.79 Å². The molecule has 0 radical (unpaired) electrons. The number of carbonyl (C=O) groups excluding carboxylic acids is 1. The van der Waals surface area contributed by atoms with Gasteiger partial charge in [0.1, 0.15) is 0 Å². The number of hydrazone groups is 1. The van der Waals surface area contributed by atoms with Crippen molar-refractivity contribution in [3.8, 4) is 0 Å². The molecule has 0 rings (SSSR count). The van der Waals surface area contributed by atoms with E-state index in [1.165, 1.54) is 64.2 Å². The van der Waals surface area contributed by atoms with Crippen LogP contribution in [0.25, 0.3) is 0 Å². The number of carbonyl (C=O) groups is 1. The van der Waals surface area contributed by atoms with E-state index in [4.69, 9.17) is 0 Å². The molecule has 0 aromatic rings. The van der Waals surface area contributed by atoms with Gasteiger partial charge in [0.2, 0.25) is 5.91 Å². The predicted molar refractivity (Wildman–Crippen MR) is 97.2 cm³/mol. The van der Waals surface area contributed by atoms with Crippen molar-refractivity contribution in [3.05, 3.63) is 0 Å². The van der Waals surface area contributed by atoms with Crippen molar-refractivity contribution in [1.29, 1.82) is 0 Å². The maximum absolute atomic E-state index is 11.8. The zero-order valence-corrected chi connectivity index (χ0v) is 15.4. The number of nitrogens with one attached hydrogen (secondary N) is 1. The summed E-state index contributed by atoms with van der Waals surface area (Å²) in [4.78, 5) is 11.8. The van der Waals surface area contributed by atoms with Gasteiger partial charge in [-0.2, -0.15) is 5.10 Å². The van der Waals surface area contributed by atoms with E-state index >= 15 is 0 Å². The molecule has 0 aromatic heterocycles. The fourth-order valence-corrected chi connectivity index (χ4v) is 2.72. The molecule has 0 aliphatic carbocycles. The molecule has 0 aromatic carbocycles. The molecule has 0 saturated carbocycles. The quantitative estimate of drug-likeness (QED) is 0.244. The van der Waals surface area contributed by atoms with Gasteiger partial charge in [0, 0.05) is 12.1 Å². The largest absolute Gasteiger partial charge is 0.273 e. The maximum atomic E-state index is 11.8. The number of amides is 1. The van der Waals surface area contributed by atoms with Gasteiger partial charge in [0.15, 0.2) is 0 Å². The van der Waals surface area contributed by atoms with E-state index in [1.807, 2.05) is 13.8 Å². The van der Waals surface area contributed by atoms with E-state index in [0.29, 0.717) is 12.3 Å². The molecule has 0 saturated heterocycles. The zero-order valence-electron chi connectivity index (χ0n) is 15.4. The molecule has 0 aliphatic heterocycles. The number of hydrogen-bond donors (Lipinski definition) is 1. The molecule has 0 heterocycles. The number of hydrogen-bond acceptors (Lipinski definition) is 2. The summed E-state index contributed by atoms with van der Waals surface area (Å²) in [5, 5.41) is 3.99. The number of unbranched alkanes of at least 4 members (excludes halogenated alkanes) is 6. The fourth-order valence-electron chi connectivity index (χ4n) is 2.72. The van der Waals surface area contributed by atoms with Gasteiger partial charge in [-0.3, -0.25) is 4.79 Å². The summed E-state index contributed by atoms with van der Waals surface area (Å²) < 4.78 is 0. The van der Waals surface area contributed by atoms with Gasteiger partial charge in [-0.15, -0.1) is 0 Å². The molecule has 3 nitrogen and oxygen atoms in total. The first-order valence-corrected chi connectivity index (χ1v) is 9.39. The van der Waals surface area contributed by atoms with Gasteiger partial charge in [-0.1, -0.05) is 78.1 Å². The van der Waals surface area contributed by atoms with Crippen molar-refractivity contribution in [2.45, 2.75) is 105 Å². The topological polar surface area (TPSA) is 41.5 Å². The van der Waals surface area contributed by atoms with Gasteiger partial charge < -0.3 is 0 Å². The Morgan fingerprint density at radius 3 is 2.00 bits per heavy atom. The van der Waals surface area contributed by atoms with Crippen LogP contribution in [-0.4, -0.2) is 11.6 Å².